The maximum Gasteiger partial charge on any atom is 0.274 e. The van der Waals surface area contributed by atoms with Gasteiger partial charge in [-0.25, -0.2) is 8.42 Å². The van der Waals surface area contributed by atoms with E-state index in [-0.39, 0.29) is 10.8 Å². The van der Waals surface area contributed by atoms with Gasteiger partial charge in [0.2, 0.25) is 10.0 Å². The number of H-pyrrole nitrogens is 1. The summed E-state index contributed by atoms with van der Waals surface area (Å²) in [5.41, 5.74) is 4.38. The summed E-state index contributed by atoms with van der Waals surface area (Å²) in [6, 6.07) is 5.85. The second-order valence-electron chi connectivity index (χ2n) is 8.03. The summed E-state index contributed by atoms with van der Waals surface area (Å²) in [7, 11) is -1.92. The number of amides is 1. The average molecular weight is 418 g/mol. The van der Waals surface area contributed by atoms with Crippen LogP contribution in [0.25, 0.3) is 0 Å². The van der Waals surface area contributed by atoms with Crippen LogP contribution in [-0.2, 0) is 10.0 Å². The second-order valence-corrected chi connectivity index (χ2v) is 9.90. The molecule has 1 aromatic carbocycles. The lowest BCUT2D eigenvalue weighted by molar-refractivity contribution is 0.0988. The zero-order chi connectivity index (χ0) is 21.3. The lowest BCUT2D eigenvalue weighted by atomic mass is 10.1. The van der Waals surface area contributed by atoms with Gasteiger partial charge in [-0.1, -0.05) is 18.9 Å². The lowest BCUT2D eigenvalue weighted by Gasteiger charge is -2.21. The summed E-state index contributed by atoms with van der Waals surface area (Å²) in [5, 5.41) is 0. The van der Waals surface area contributed by atoms with Crippen LogP contribution in [0.1, 0.15) is 58.6 Å². The maximum atomic E-state index is 13.3. The summed E-state index contributed by atoms with van der Waals surface area (Å²) in [4.78, 5) is 18.0. The third-order valence-corrected chi connectivity index (χ3v) is 8.10. The van der Waals surface area contributed by atoms with Crippen LogP contribution in [0, 0.1) is 27.7 Å². The molecule has 2 aromatic rings. The molecule has 0 unspecified atom stereocenters. The van der Waals surface area contributed by atoms with Gasteiger partial charge in [0.1, 0.15) is 10.6 Å². The van der Waals surface area contributed by atoms with Crippen molar-refractivity contribution in [1.82, 2.24) is 9.29 Å². The van der Waals surface area contributed by atoms with Gasteiger partial charge in [0.05, 0.1) is 0 Å². The van der Waals surface area contributed by atoms with Gasteiger partial charge in [0, 0.05) is 31.5 Å². The highest BCUT2D eigenvalue weighted by molar-refractivity contribution is 7.89. The fourth-order valence-corrected chi connectivity index (χ4v) is 5.89. The van der Waals surface area contributed by atoms with E-state index in [2.05, 4.69) is 4.98 Å². The number of rotatable bonds is 4. The first-order valence-corrected chi connectivity index (χ1v) is 11.6. The van der Waals surface area contributed by atoms with Crippen molar-refractivity contribution in [2.75, 3.05) is 25.0 Å². The Bertz CT molecular complexity index is 1020. The van der Waals surface area contributed by atoms with E-state index >= 15 is 0 Å². The number of sulfonamides is 1. The number of aromatic nitrogens is 1. The van der Waals surface area contributed by atoms with Crippen molar-refractivity contribution in [3.8, 4) is 0 Å². The van der Waals surface area contributed by atoms with Gasteiger partial charge in [-0.2, -0.15) is 4.31 Å². The minimum Gasteiger partial charge on any atom is -0.353 e. The number of aromatic amines is 1. The van der Waals surface area contributed by atoms with Crippen LogP contribution in [0.3, 0.4) is 0 Å². The van der Waals surface area contributed by atoms with E-state index in [1.807, 2.05) is 32.0 Å². The number of aryl methyl sites for hydroxylation is 3. The molecule has 1 amide bonds. The van der Waals surface area contributed by atoms with Gasteiger partial charge < -0.3 is 9.88 Å². The lowest BCUT2D eigenvalue weighted by Crippen LogP contribution is -2.32. The highest BCUT2D eigenvalue weighted by atomic mass is 32.2. The SMILES string of the molecule is Cc1ccc(N(C)C(=O)c2[nH]c(C)c(S(=O)(=O)N3CCCCCC3)c2C)cc1C. The molecule has 1 aliphatic rings. The monoisotopic (exact) mass is 417 g/mol. The fourth-order valence-electron chi connectivity index (χ4n) is 3.96. The van der Waals surface area contributed by atoms with Gasteiger partial charge in [0.15, 0.2) is 0 Å². The van der Waals surface area contributed by atoms with E-state index in [1.54, 1.807) is 30.1 Å². The Morgan fingerprint density at radius 3 is 2.21 bits per heavy atom. The van der Waals surface area contributed by atoms with Crippen LogP contribution < -0.4 is 4.90 Å². The Morgan fingerprint density at radius 1 is 1.00 bits per heavy atom. The molecule has 1 N–H and O–H groups in total. The standard InChI is InChI=1S/C22H31N3O3S/c1-15-10-11-19(14-16(15)2)24(5)22(26)20-17(3)21(18(4)23-20)29(27,28)25-12-8-6-7-9-13-25/h10-11,14,23H,6-9,12-13H2,1-5H3. The molecule has 3 rings (SSSR count). The molecule has 0 aliphatic carbocycles. The van der Waals surface area contributed by atoms with Crippen molar-refractivity contribution in [3.05, 3.63) is 46.3 Å². The molecule has 0 bridgehead atoms. The summed E-state index contributed by atoms with van der Waals surface area (Å²) in [5.74, 6) is -0.244. The molecule has 1 aliphatic heterocycles. The van der Waals surface area contributed by atoms with Crippen molar-refractivity contribution < 1.29 is 13.2 Å². The quantitative estimate of drug-likeness (QED) is 0.814. The molecule has 7 heteroatoms. The van der Waals surface area contributed by atoms with Crippen molar-refractivity contribution in [3.63, 3.8) is 0 Å². The van der Waals surface area contributed by atoms with Gasteiger partial charge in [-0.15, -0.1) is 0 Å². The van der Waals surface area contributed by atoms with Crippen molar-refractivity contribution in [1.29, 1.82) is 0 Å². The average Bonchev–Trinajstić information content (AvgIpc) is 2.86. The van der Waals surface area contributed by atoms with Crippen LogP contribution in [0.15, 0.2) is 23.1 Å². The highest BCUT2D eigenvalue weighted by Gasteiger charge is 2.32. The van der Waals surface area contributed by atoms with E-state index in [0.29, 0.717) is 30.0 Å². The Balaban J connectivity index is 1.96. The molecule has 0 spiro atoms. The molecular weight excluding hydrogens is 386 g/mol. The predicted molar refractivity (Wildman–Crippen MR) is 116 cm³/mol. The number of hydrogen-bond acceptors (Lipinski definition) is 3. The minimum absolute atomic E-state index is 0.244. The fraction of sp³-hybridized carbons (Fsp3) is 0.500. The number of hydrogen-bond donors (Lipinski definition) is 1. The first kappa shape index (κ1) is 21.6. The summed E-state index contributed by atoms with van der Waals surface area (Å²) >= 11 is 0. The molecule has 0 radical (unpaired) electrons. The molecule has 6 nitrogen and oxygen atoms in total. The number of carbonyl (C=O) groups excluding carboxylic acids is 1. The van der Waals surface area contributed by atoms with E-state index in [0.717, 1.165) is 42.5 Å². The Labute approximate surface area is 174 Å². The van der Waals surface area contributed by atoms with Crippen LogP contribution in [-0.4, -0.2) is 43.8 Å². The summed E-state index contributed by atoms with van der Waals surface area (Å²) < 4.78 is 28.2. The number of benzene rings is 1. The maximum absolute atomic E-state index is 13.3. The first-order chi connectivity index (χ1) is 13.6. The van der Waals surface area contributed by atoms with Gasteiger partial charge in [0.25, 0.3) is 5.91 Å². The topological polar surface area (TPSA) is 73.5 Å². The largest absolute Gasteiger partial charge is 0.353 e. The molecule has 0 atom stereocenters. The second kappa shape index (κ2) is 8.32. The van der Waals surface area contributed by atoms with E-state index < -0.39 is 10.0 Å². The molecule has 2 heterocycles. The third kappa shape index (κ3) is 4.12. The van der Waals surface area contributed by atoms with Crippen LogP contribution in [0.2, 0.25) is 0 Å². The van der Waals surface area contributed by atoms with Crippen molar-refractivity contribution >= 4 is 21.6 Å². The molecule has 0 saturated carbocycles. The molecule has 1 saturated heterocycles. The molecule has 1 fully saturated rings. The number of nitrogens with one attached hydrogen (secondary N) is 1. The zero-order valence-electron chi connectivity index (χ0n) is 18.0. The van der Waals surface area contributed by atoms with E-state index in [4.69, 9.17) is 0 Å². The van der Waals surface area contributed by atoms with Gasteiger partial charge in [-0.05, 0) is 69.4 Å². The molecule has 1 aromatic heterocycles. The smallest absolute Gasteiger partial charge is 0.274 e. The summed E-state index contributed by atoms with van der Waals surface area (Å²) in [6.07, 6.45) is 3.87. The van der Waals surface area contributed by atoms with Crippen LogP contribution in [0.4, 0.5) is 5.69 Å². The predicted octanol–water partition coefficient (Wildman–Crippen LogP) is 4.09. The van der Waals surface area contributed by atoms with Crippen molar-refractivity contribution in [2.24, 2.45) is 0 Å². The van der Waals surface area contributed by atoms with Gasteiger partial charge in [-0.3, -0.25) is 4.79 Å². The first-order valence-electron chi connectivity index (χ1n) is 10.2. The van der Waals surface area contributed by atoms with Crippen molar-refractivity contribution in [2.45, 2.75) is 58.3 Å². The Kier molecular flexibility index (Phi) is 6.19. The number of carbonyl (C=O) groups is 1. The Morgan fingerprint density at radius 2 is 1.62 bits per heavy atom. The highest BCUT2D eigenvalue weighted by Crippen LogP contribution is 2.29. The molecule has 158 valence electrons. The minimum atomic E-state index is -3.63. The summed E-state index contributed by atoms with van der Waals surface area (Å²) in [6.45, 7) is 8.56. The van der Waals surface area contributed by atoms with E-state index in [1.165, 1.54) is 0 Å². The van der Waals surface area contributed by atoms with Gasteiger partial charge >= 0.3 is 0 Å². The Hall–Kier alpha value is -2.12. The molecular formula is C22H31N3O3S. The molecule has 29 heavy (non-hydrogen) atoms. The third-order valence-electron chi connectivity index (χ3n) is 5.93. The number of anilines is 1. The van der Waals surface area contributed by atoms with Crippen LogP contribution in [0.5, 0.6) is 0 Å². The normalized spacial score (nSPS) is 15.9. The zero-order valence-corrected chi connectivity index (χ0v) is 18.8. The van der Waals surface area contributed by atoms with Crippen LogP contribution >= 0.6 is 0 Å². The van der Waals surface area contributed by atoms with E-state index in [9.17, 15) is 13.2 Å². The number of nitrogens with zero attached hydrogens (tertiary/aromatic N) is 2.